The largest absolute Gasteiger partial charge is 0.493 e. The van der Waals surface area contributed by atoms with Gasteiger partial charge >= 0.3 is 0 Å². The van der Waals surface area contributed by atoms with Crippen LogP contribution >= 0.6 is 0 Å². The summed E-state index contributed by atoms with van der Waals surface area (Å²) in [7, 11) is 0. The summed E-state index contributed by atoms with van der Waals surface area (Å²) in [6, 6.07) is 6.79. The monoisotopic (exact) mass is 304 g/mol. The number of benzene rings is 1. The molecule has 0 spiro atoms. The van der Waals surface area contributed by atoms with Crippen molar-refractivity contribution in [2.24, 2.45) is 5.92 Å². The summed E-state index contributed by atoms with van der Waals surface area (Å²) in [5.41, 5.74) is 2.77. The van der Waals surface area contributed by atoms with Crippen molar-refractivity contribution in [1.82, 2.24) is 0 Å². The van der Waals surface area contributed by atoms with Crippen LogP contribution in [0.2, 0.25) is 0 Å². The van der Waals surface area contributed by atoms with E-state index in [0.29, 0.717) is 30.0 Å². The Bertz CT molecular complexity index is 479. The van der Waals surface area contributed by atoms with Crippen molar-refractivity contribution < 1.29 is 9.47 Å². The van der Waals surface area contributed by atoms with Crippen LogP contribution in [0.25, 0.3) is 0 Å². The molecule has 0 aliphatic carbocycles. The normalized spacial score (nSPS) is 22.2. The lowest BCUT2D eigenvalue weighted by atomic mass is 9.88. The van der Waals surface area contributed by atoms with Crippen LogP contribution in [0.1, 0.15) is 77.3 Å². The first kappa shape index (κ1) is 17.3. The molecule has 1 heterocycles. The molecule has 2 nitrogen and oxygen atoms in total. The van der Waals surface area contributed by atoms with Crippen LogP contribution < -0.4 is 4.74 Å². The van der Waals surface area contributed by atoms with Gasteiger partial charge in [-0.3, -0.25) is 0 Å². The van der Waals surface area contributed by atoms with Crippen molar-refractivity contribution >= 4 is 0 Å². The smallest absolute Gasteiger partial charge is 0.122 e. The van der Waals surface area contributed by atoms with Crippen LogP contribution in [0.5, 0.6) is 5.75 Å². The summed E-state index contributed by atoms with van der Waals surface area (Å²) in [6.45, 7) is 14.1. The average Bonchev–Trinajstić information content (AvgIpc) is 3.17. The second-order valence-electron chi connectivity index (χ2n) is 7.38. The second-order valence-corrected chi connectivity index (χ2v) is 7.38. The van der Waals surface area contributed by atoms with Crippen LogP contribution in [0, 0.1) is 5.92 Å². The summed E-state index contributed by atoms with van der Waals surface area (Å²) in [6.07, 6.45) is 3.22. The van der Waals surface area contributed by atoms with E-state index in [2.05, 4.69) is 59.7 Å². The van der Waals surface area contributed by atoms with Crippen molar-refractivity contribution in [2.45, 2.75) is 78.4 Å². The molecule has 0 aromatic heterocycles. The molecule has 22 heavy (non-hydrogen) atoms. The fourth-order valence-corrected chi connectivity index (χ4v) is 2.96. The van der Waals surface area contributed by atoms with Gasteiger partial charge in [-0.25, -0.2) is 0 Å². The number of hydrogen-bond acceptors (Lipinski definition) is 2. The highest BCUT2D eigenvalue weighted by Crippen LogP contribution is 2.37. The van der Waals surface area contributed by atoms with Crippen molar-refractivity contribution in [3.63, 3.8) is 0 Å². The molecule has 0 saturated carbocycles. The maximum atomic E-state index is 6.01. The Hall–Kier alpha value is -1.02. The lowest BCUT2D eigenvalue weighted by Gasteiger charge is -2.20. The van der Waals surface area contributed by atoms with Crippen LogP contribution in [0.4, 0.5) is 0 Å². The zero-order valence-electron chi connectivity index (χ0n) is 15.1. The minimum Gasteiger partial charge on any atom is -0.493 e. The Morgan fingerprint density at radius 1 is 1.18 bits per heavy atom. The first-order chi connectivity index (χ1) is 10.4. The van der Waals surface area contributed by atoms with Gasteiger partial charge < -0.3 is 9.47 Å². The quantitative estimate of drug-likeness (QED) is 0.590. The van der Waals surface area contributed by atoms with Crippen LogP contribution in [-0.4, -0.2) is 18.8 Å². The van der Waals surface area contributed by atoms with E-state index in [1.165, 1.54) is 11.1 Å². The Kier molecular flexibility index (Phi) is 5.91. The fraction of sp³-hybridized carbons (Fsp3) is 0.700. The topological polar surface area (TPSA) is 21.8 Å². The summed E-state index contributed by atoms with van der Waals surface area (Å²) >= 11 is 0. The van der Waals surface area contributed by atoms with E-state index in [4.69, 9.17) is 9.47 Å². The van der Waals surface area contributed by atoms with Crippen molar-refractivity contribution in [1.29, 1.82) is 0 Å². The molecule has 1 aliphatic rings. The molecule has 0 N–H and O–H groups in total. The fourth-order valence-electron chi connectivity index (χ4n) is 2.96. The number of hydrogen-bond donors (Lipinski definition) is 0. The Balaban J connectivity index is 2.15. The maximum absolute atomic E-state index is 6.01. The van der Waals surface area contributed by atoms with E-state index in [1.54, 1.807) is 0 Å². The molecule has 2 heteroatoms. The SMILES string of the molecule is CCC(CC1OC1C)c1ccc(OCC(C)C)c(C(C)C)c1. The molecule has 0 bridgehead atoms. The van der Waals surface area contributed by atoms with Crippen LogP contribution in [-0.2, 0) is 4.74 Å². The van der Waals surface area contributed by atoms with Gasteiger partial charge in [0.1, 0.15) is 5.75 Å². The third-order valence-electron chi connectivity index (χ3n) is 4.55. The number of rotatable bonds is 8. The Morgan fingerprint density at radius 2 is 1.86 bits per heavy atom. The standard InChI is InChI=1S/C20H32O2/c1-7-16(11-20-15(6)22-20)17-8-9-19(21-12-13(2)3)18(10-17)14(4)5/h8-10,13-16,20H,7,11-12H2,1-6H3. The zero-order chi connectivity index (χ0) is 16.3. The molecular weight excluding hydrogens is 272 g/mol. The Morgan fingerprint density at radius 3 is 2.36 bits per heavy atom. The average molecular weight is 304 g/mol. The third kappa shape index (κ3) is 4.49. The van der Waals surface area contributed by atoms with Gasteiger partial charge in [-0.1, -0.05) is 46.8 Å². The van der Waals surface area contributed by atoms with Gasteiger partial charge in [-0.15, -0.1) is 0 Å². The minimum absolute atomic E-state index is 0.451. The van der Waals surface area contributed by atoms with Crippen molar-refractivity contribution in [3.05, 3.63) is 29.3 Å². The van der Waals surface area contributed by atoms with Gasteiger partial charge in [-0.2, -0.15) is 0 Å². The molecule has 3 atom stereocenters. The summed E-state index contributed by atoms with van der Waals surface area (Å²) < 4.78 is 11.6. The summed E-state index contributed by atoms with van der Waals surface area (Å²) in [5.74, 6) is 2.68. The van der Waals surface area contributed by atoms with Gasteiger partial charge in [-0.05, 0) is 54.7 Å². The summed E-state index contributed by atoms with van der Waals surface area (Å²) in [5, 5.41) is 0. The lowest BCUT2D eigenvalue weighted by Crippen LogP contribution is -2.08. The van der Waals surface area contributed by atoms with Crippen molar-refractivity contribution in [2.75, 3.05) is 6.61 Å². The minimum atomic E-state index is 0.451. The molecule has 124 valence electrons. The predicted octanol–water partition coefficient (Wildman–Crippen LogP) is 5.52. The van der Waals surface area contributed by atoms with E-state index in [-0.39, 0.29) is 0 Å². The van der Waals surface area contributed by atoms with Gasteiger partial charge in [0.2, 0.25) is 0 Å². The molecule has 1 aliphatic heterocycles. The molecule has 2 rings (SSSR count). The highest BCUT2D eigenvalue weighted by atomic mass is 16.6. The highest BCUT2D eigenvalue weighted by molar-refractivity contribution is 5.40. The first-order valence-electron chi connectivity index (χ1n) is 8.84. The van der Waals surface area contributed by atoms with Gasteiger partial charge in [0.05, 0.1) is 18.8 Å². The number of ether oxygens (including phenoxy) is 2. The molecule has 3 unspecified atom stereocenters. The molecule has 1 saturated heterocycles. The van der Waals surface area contributed by atoms with Crippen molar-refractivity contribution in [3.8, 4) is 5.75 Å². The van der Waals surface area contributed by atoms with E-state index < -0.39 is 0 Å². The molecule has 0 radical (unpaired) electrons. The molecule has 1 aromatic carbocycles. The van der Waals surface area contributed by atoms with E-state index in [0.717, 1.165) is 25.2 Å². The van der Waals surface area contributed by atoms with Gasteiger partial charge in [0.25, 0.3) is 0 Å². The van der Waals surface area contributed by atoms with Gasteiger partial charge in [0, 0.05) is 0 Å². The summed E-state index contributed by atoms with van der Waals surface area (Å²) in [4.78, 5) is 0. The van der Waals surface area contributed by atoms with Crippen LogP contribution in [0.3, 0.4) is 0 Å². The Labute approximate surface area is 136 Å². The number of epoxide rings is 1. The third-order valence-corrected chi connectivity index (χ3v) is 4.55. The molecule has 1 fully saturated rings. The van der Waals surface area contributed by atoms with E-state index in [9.17, 15) is 0 Å². The first-order valence-corrected chi connectivity index (χ1v) is 8.84. The van der Waals surface area contributed by atoms with Crippen LogP contribution in [0.15, 0.2) is 18.2 Å². The zero-order valence-corrected chi connectivity index (χ0v) is 15.1. The second kappa shape index (κ2) is 7.50. The molecule has 0 amide bonds. The molecule has 1 aromatic rings. The lowest BCUT2D eigenvalue weighted by molar-refractivity contribution is 0.267. The highest BCUT2D eigenvalue weighted by Gasteiger charge is 2.36. The van der Waals surface area contributed by atoms with E-state index >= 15 is 0 Å². The predicted molar refractivity (Wildman–Crippen MR) is 92.8 cm³/mol. The van der Waals surface area contributed by atoms with Gasteiger partial charge in [0.15, 0.2) is 0 Å². The van der Waals surface area contributed by atoms with E-state index in [1.807, 2.05) is 0 Å². The molecular formula is C20H32O2. The maximum Gasteiger partial charge on any atom is 0.122 e.